The molecule has 0 bridgehead atoms. The first-order valence-corrected chi connectivity index (χ1v) is 5.89. The van der Waals surface area contributed by atoms with Crippen molar-refractivity contribution in [3.8, 4) is 0 Å². The van der Waals surface area contributed by atoms with Crippen LogP contribution in [0, 0.1) is 0 Å². The summed E-state index contributed by atoms with van der Waals surface area (Å²) in [7, 11) is 0. The lowest BCUT2D eigenvalue weighted by Crippen LogP contribution is -2.25. The van der Waals surface area contributed by atoms with Crippen molar-refractivity contribution in [2.24, 2.45) is 0 Å². The van der Waals surface area contributed by atoms with E-state index in [2.05, 4.69) is 5.32 Å². The van der Waals surface area contributed by atoms with Crippen LogP contribution in [-0.2, 0) is 4.79 Å². The second kappa shape index (κ2) is 5.88. The Morgan fingerprint density at radius 1 is 1.60 bits per heavy atom. The predicted molar refractivity (Wildman–Crippen MR) is 61.6 cm³/mol. The van der Waals surface area contributed by atoms with Crippen LogP contribution in [0.5, 0.6) is 0 Å². The molecular weight excluding hydrogens is 234 g/mol. The van der Waals surface area contributed by atoms with E-state index in [1.54, 1.807) is 6.07 Å². The van der Waals surface area contributed by atoms with E-state index in [9.17, 15) is 9.59 Å². The van der Waals surface area contributed by atoms with Crippen molar-refractivity contribution in [2.45, 2.75) is 18.7 Å². The molecule has 0 saturated heterocycles. The number of thiophene rings is 1. The molecule has 1 aromatic rings. The highest BCUT2D eigenvalue weighted by Gasteiger charge is 2.17. The fourth-order valence-electron chi connectivity index (χ4n) is 1.08. The number of nitrogens with one attached hydrogen (secondary N) is 1. The molecule has 0 fully saturated rings. The first-order valence-electron chi connectivity index (χ1n) is 4.57. The van der Waals surface area contributed by atoms with E-state index in [0.717, 1.165) is 0 Å². The summed E-state index contributed by atoms with van der Waals surface area (Å²) >= 11 is 7.29. The number of hydrogen-bond acceptors (Lipinski definition) is 3. The Morgan fingerprint density at radius 2 is 2.33 bits per heavy atom. The van der Waals surface area contributed by atoms with Crippen molar-refractivity contribution >= 4 is 34.6 Å². The number of amides is 1. The molecule has 5 heteroatoms. The smallest absolute Gasteiger partial charge is 0.216 e. The second-order valence-corrected chi connectivity index (χ2v) is 4.56. The van der Waals surface area contributed by atoms with Crippen LogP contribution in [0.4, 0.5) is 0 Å². The number of carbonyl (C=O) groups is 2. The Kier molecular flexibility index (Phi) is 4.78. The average Bonchev–Trinajstić information content (AvgIpc) is 2.68. The molecule has 0 aliphatic rings. The summed E-state index contributed by atoms with van der Waals surface area (Å²) in [5, 5.41) is 3.88. The zero-order chi connectivity index (χ0) is 11.3. The number of Topliss-reactive ketones (excluding diaryl/α,β-unsaturated/α-hetero) is 1. The Hall–Kier alpha value is -0.870. The molecule has 0 spiro atoms. The maximum Gasteiger partial charge on any atom is 0.216 e. The molecule has 1 unspecified atom stereocenters. The normalized spacial score (nSPS) is 12.1. The van der Waals surface area contributed by atoms with Gasteiger partial charge in [-0.1, -0.05) is 6.07 Å². The summed E-state index contributed by atoms with van der Waals surface area (Å²) < 4.78 is 0. The first-order chi connectivity index (χ1) is 7.11. The number of halogens is 1. The van der Waals surface area contributed by atoms with E-state index in [1.807, 2.05) is 11.4 Å². The minimum atomic E-state index is -0.560. The van der Waals surface area contributed by atoms with E-state index in [4.69, 9.17) is 11.6 Å². The molecule has 3 nitrogen and oxygen atoms in total. The molecule has 1 heterocycles. The van der Waals surface area contributed by atoms with E-state index >= 15 is 0 Å². The topological polar surface area (TPSA) is 46.2 Å². The monoisotopic (exact) mass is 245 g/mol. The highest BCUT2D eigenvalue weighted by molar-refractivity contribution is 7.12. The predicted octanol–water partition coefficient (Wildman–Crippen LogP) is 2.06. The van der Waals surface area contributed by atoms with Crippen LogP contribution in [0.25, 0.3) is 0 Å². The molecule has 0 aliphatic carbocycles. The van der Waals surface area contributed by atoms with Crippen molar-refractivity contribution in [1.82, 2.24) is 5.32 Å². The SMILES string of the molecule is CC(=O)NCCC(Cl)C(=O)c1cccs1. The molecule has 0 aromatic carbocycles. The molecule has 0 aliphatic heterocycles. The van der Waals surface area contributed by atoms with Crippen LogP contribution < -0.4 is 5.32 Å². The van der Waals surface area contributed by atoms with Gasteiger partial charge in [-0.3, -0.25) is 9.59 Å². The van der Waals surface area contributed by atoms with Crippen LogP contribution in [-0.4, -0.2) is 23.6 Å². The lowest BCUT2D eigenvalue weighted by atomic mass is 10.2. The van der Waals surface area contributed by atoms with Gasteiger partial charge in [0.15, 0.2) is 5.78 Å². The van der Waals surface area contributed by atoms with E-state index in [-0.39, 0.29) is 11.7 Å². The van der Waals surface area contributed by atoms with Crippen molar-refractivity contribution < 1.29 is 9.59 Å². The number of rotatable bonds is 5. The molecule has 1 amide bonds. The molecular formula is C10H12ClNO2S. The van der Waals surface area contributed by atoms with Crippen molar-refractivity contribution in [3.05, 3.63) is 22.4 Å². The van der Waals surface area contributed by atoms with E-state index in [1.165, 1.54) is 18.3 Å². The van der Waals surface area contributed by atoms with Gasteiger partial charge in [0, 0.05) is 13.5 Å². The van der Waals surface area contributed by atoms with Gasteiger partial charge in [0.25, 0.3) is 0 Å². The van der Waals surface area contributed by atoms with Gasteiger partial charge in [-0.15, -0.1) is 22.9 Å². The highest BCUT2D eigenvalue weighted by atomic mass is 35.5. The Labute approximate surface area is 97.4 Å². The fourth-order valence-corrected chi connectivity index (χ4v) is 2.09. The van der Waals surface area contributed by atoms with Crippen molar-refractivity contribution in [1.29, 1.82) is 0 Å². The lowest BCUT2D eigenvalue weighted by molar-refractivity contribution is -0.118. The molecule has 0 radical (unpaired) electrons. The Morgan fingerprint density at radius 3 is 2.87 bits per heavy atom. The Bertz CT molecular complexity index is 337. The van der Waals surface area contributed by atoms with Crippen LogP contribution in [0.2, 0.25) is 0 Å². The average molecular weight is 246 g/mol. The molecule has 1 atom stereocenters. The van der Waals surface area contributed by atoms with Crippen LogP contribution >= 0.6 is 22.9 Å². The van der Waals surface area contributed by atoms with Gasteiger partial charge in [0.2, 0.25) is 5.91 Å². The second-order valence-electron chi connectivity index (χ2n) is 3.08. The maximum atomic E-state index is 11.6. The third-order valence-corrected chi connectivity index (χ3v) is 3.12. The third kappa shape index (κ3) is 4.01. The summed E-state index contributed by atoms with van der Waals surface area (Å²) in [6, 6.07) is 3.57. The number of ketones is 1. The summed E-state index contributed by atoms with van der Waals surface area (Å²) in [6.45, 7) is 1.87. The van der Waals surface area contributed by atoms with Gasteiger partial charge in [-0.2, -0.15) is 0 Å². The maximum absolute atomic E-state index is 11.6. The fraction of sp³-hybridized carbons (Fsp3) is 0.400. The standard InChI is InChI=1S/C10H12ClNO2S/c1-7(13)12-5-4-8(11)10(14)9-3-2-6-15-9/h2-3,6,8H,4-5H2,1H3,(H,12,13). The molecule has 1 rings (SSSR count). The molecule has 0 saturated carbocycles. The first kappa shape index (κ1) is 12.2. The minimum absolute atomic E-state index is 0.0722. The summed E-state index contributed by atoms with van der Waals surface area (Å²) in [6.07, 6.45) is 0.456. The largest absolute Gasteiger partial charge is 0.356 e. The van der Waals surface area contributed by atoms with Gasteiger partial charge < -0.3 is 5.32 Å². The van der Waals surface area contributed by atoms with Crippen LogP contribution in [0.15, 0.2) is 17.5 Å². The summed E-state index contributed by atoms with van der Waals surface area (Å²) in [5.74, 6) is -0.181. The van der Waals surface area contributed by atoms with Gasteiger partial charge in [-0.25, -0.2) is 0 Å². The molecule has 15 heavy (non-hydrogen) atoms. The highest BCUT2D eigenvalue weighted by Crippen LogP contribution is 2.15. The summed E-state index contributed by atoms with van der Waals surface area (Å²) in [4.78, 5) is 22.9. The number of alkyl halides is 1. The van der Waals surface area contributed by atoms with Crippen LogP contribution in [0.1, 0.15) is 23.0 Å². The minimum Gasteiger partial charge on any atom is -0.356 e. The van der Waals surface area contributed by atoms with Gasteiger partial charge >= 0.3 is 0 Å². The molecule has 1 aromatic heterocycles. The zero-order valence-corrected chi connectivity index (χ0v) is 9.90. The zero-order valence-electron chi connectivity index (χ0n) is 8.33. The number of hydrogen-bond donors (Lipinski definition) is 1. The molecule has 82 valence electrons. The molecule has 1 N–H and O–H groups in total. The van der Waals surface area contributed by atoms with E-state index < -0.39 is 5.38 Å². The quantitative estimate of drug-likeness (QED) is 0.638. The van der Waals surface area contributed by atoms with Gasteiger partial charge in [0.05, 0.1) is 10.3 Å². The van der Waals surface area contributed by atoms with Gasteiger partial charge in [-0.05, 0) is 17.9 Å². The number of carbonyl (C=O) groups excluding carboxylic acids is 2. The lowest BCUT2D eigenvalue weighted by Gasteiger charge is -2.07. The summed E-state index contributed by atoms with van der Waals surface area (Å²) in [5.41, 5.74) is 0. The Balaban J connectivity index is 2.37. The van der Waals surface area contributed by atoms with Gasteiger partial charge in [0.1, 0.15) is 0 Å². The van der Waals surface area contributed by atoms with Crippen LogP contribution in [0.3, 0.4) is 0 Å². The van der Waals surface area contributed by atoms with Crippen molar-refractivity contribution in [3.63, 3.8) is 0 Å². The van der Waals surface area contributed by atoms with Crippen molar-refractivity contribution in [2.75, 3.05) is 6.54 Å². The third-order valence-electron chi connectivity index (χ3n) is 1.82. The van der Waals surface area contributed by atoms with E-state index in [0.29, 0.717) is 17.8 Å².